The minimum atomic E-state index is -1.28. The molecule has 0 unspecified atom stereocenters. The molecule has 0 aromatic heterocycles. The van der Waals surface area contributed by atoms with E-state index in [2.05, 4.69) is 0 Å². The van der Waals surface area contributed by atoms with Crippen molar-refractivity contribution in [2.24, 2.45) is 0 Å². The van der Waals surface area contributed by atoms with Gasteiger partial charge in [0.2, 0.25) is 0 Å². The van der Waals surface area contributed by atoms with Crippen molar-refractivity contribution in [3.63, 3.8) is 0 Å². The van der Waals surface area contributed by atoms with Crippen LogP contribution < -0.4 is 4.90 Å². The van der Waals surface area contributed by atoms with Crippen LogP contribution in [0.2, 0.25) is 0 Å². The lowest BCUT2D eigenvalue weighted by Crippen LogP contribution is -2.37. The van der Waals surface area contributed by atoms with Gasteiger partial charge in [-0.25, -0.2) is 4.79 Å². The van der Waals surface area contributed by atoms with Gasteiger partial charge in [-0.1, -0.05) is 0 Å². The number of ether oxygens (including phenoxy) is 1. The third-order valence-corrected chi connectivity index (χ3v) is 3.62. The van der Waals surface area contributed by atoms with Gasteiger partial charge in [0.1, 0.15) is 5.56 Å². The van der Waals surface area contributed by atoms with Gasteiger partial charge in [-0.3, -0.25) is 10.1 Å². The van der Waals surface area contributed by atoms with E-state index in [0.29, 0.717) is 12.3 Å². The molecule has 114 valence electrons. The van der Waals surface area contributed by atoms with Gasteiger partial charge >= 0.3 is 5.97 Å². The van der Waals surface area contributed by atoms with Crippen LogP contribution in [0.5, 0.6) is 0 Å². The summed E-state index contributed by atoms with van der Waals surface area (Å²) in [5.41, 5.74) is 0.0489. The van der Waals surface area contributed by atoms with Crippen molar-refractivity contribution in [1.82, 2.24) is 0 Å². The molecular formula is C14H18N2O5. The molecule has 1 aromatic rings. The molecule has 1 aromatic carbocycles. The van der Waals surface area contributed by atoms with E-state index in [1.165, 1.54) is 12.1 Å². The van der Waals surface area contributed by atoms with Crippen LogP contribution in [-0.4, -0.2) is 41.8 Å². The lowest BCUT2D eigenvalue weighted by molar-refractivity contribution is -0.385. The van der Waals surface area contributed by atoms with E-state index in [9.17, 15) is 14.9 Å². The van der Waals surface area contributed by atoms with E-state index < -0.39 is 10.9 Å². The lowest BCUT2D eigenvalue weighted by Gasteiger charge is -2.33. The Bertz CT molecular complexity index is 538. The number of hydrogen-bond acceptors (Lipinski definition) is 5. The van der Waals surface area contributed by atoms with Crippen molar-refractivity contribution >= 4 is 17.3 Å². The highest BCUT2D eigenvalue weighted by molar-refractivity contribution is 5.93. The van der Waals surface area contributed by atoms with Gasteiger partial charge in [-0.2, -0.15) is 0 Å². The first-order chi connectivity index (χ1) is 10.0. The Morgan fingerprint density at radius 3 is 2.67 bits per heavy atom. The van der Waals surface area contributed by atoms with Gasteiger partial charge in [0, 0.05) is 31.5 Å². The number of carboxylic acids is 1. The van der Waals surface area contributed by atoms with Crippen molar-refractivity contribution in [3.8, 4) is 0 Å². The van der Waals surface area contributed by atoms with E-state index in [4.69, 9.17) is 9.84 Å². The molecule has 2 rings (SSSR count). The summed E-state index contributed by atoms with van der Waals surface area (Å²) in [4.78, 5) is 23.4. The molecule has 0 spiro atoms. The summed E-state index contributed by atoms with van der Waals surface area (Å²) in [6.45, 7) is 4.15. The molecule has 7 nitrogen and oxygen atoms in total. The summed E-state index contributed by atoms with van der Waals surface area (Å²) in [6, 6.07) is 4.24. The van der Waals surface area contributed by atoms with Gasteiger partial charge in [0.25, 0.3) is 5.69 Å². The molecule has 0 radical (unpaired) electrons. The van der Waals surface area contributed by atoms with Crippen molar-refractivity contribution in [3.05, 3.63) is 33.9 Å². The van der Waals surface area contributed by atoms with Crippen molar-refractivity contribution in [2.75, 3.05) is 24.6 Å². The minimum Gasteiger partial charge on any atom is -0.477 e. The molecule has 7 heteroatoms. The van der Waals surface area contributed by atoms with Gasteiger partial charge in [-0.15, -0.1) is 0 Å². The fourth-order valence-electron chi connectivity index (χ4n) is 2.57. The van der Waals surface area contributed by atoms with Gasteiger partial charge in [0.05, 0.1) is 11.0 Å². The summed E-state index contributed by atoms with van der Waals surface area (Å²) in [5, 5.41) is 19.9. The maximum atomic E-state index is 11.2. The Morgan fingerprint density at radius 1 is 1.48 bits per heavy atom. The first kappa shape index (κ1) is 15.2. The van der Waals surface area contributed by atoms with Gasteiger partial charge in [-0.05, 0) is 31.9 Å². The smallest absolute Gasteiger partial charge is 0.342 e. The molecule has 1 saturated heterocycles. The van der Waals surface area contributed by atoms with E-state index in [1.54, 1.807) is 6.07 Å². The molecule has 0 amide bonds. The second-order valence-electron chi connectivity index (χ2n) is 4.91. The number of nitrogens with zero attached hydrogens (tertiary/aromatic N) is 2. The fraction of sp³-hybridized carbons (Fsp3) is 0.500. The van der Waals surface area contributed by atoms with E-state index in [1.807, 2.05) is 11.8 Å². The Hall–Kier alpha value is -2.15. The average Bonchev–Trinajstić information content (AvgIpc) is 2.47. The zero-order valence-corrected chi connectivity index (χ0v) is 11.8. The predicted molar refractivity (Wildman–Crippen MR) is 76.9 cm³/mol. The number of anilines is 1. The highest BCUT2D eigenvalue weighted by atomic mass is 16.6. The number of nitro groups is 1. The van der Waals surface area contributed by atoms with E-state index in [0.717, 1.165) is 25.9 Å². The first-order valence-electron chi connectivity index (χ1n) is 6.91. The molecule has 1 N–H and O–H groups in total. The molecular weight excluding hydrogens is 276 g/mol. The first-order valence-corrected chi connectivity index (χ1v) is 6.91. The normalized spacial score (nSPS) is 16.0. The quantitative estimate of drug-likeness (QED) is 0.661. The Morgan fingerprint density at radius 2 is 2.14 bits per heavy atom. The number of aromatic carboxylic acids is 1. The van der Waals surface area contributed by atoms with E-state index >= 15 is 0 Å². The van der Waals surface area contributed by atoms with Crippen LogP contribution in [0.25, 0.3) is 0 Å². The van der Waals surface area contributed by atoms with Gasteiger partial charge in [0.15, 0.2) is 0 Å². The summed E-state index contributed by atoms with van der Waals surface area (Å²) >= 11 is 0. The number of piperidine rings is 1. The largest absolute Gasteiger partial charge is 0.477 e. The standard InChI is InChI=1S/C14H18N2O5/c1-2-21-11-5-7-15(8-6-11)10-3-4-13(16(19)20)12(9-10)14(17)18/h3-4,9,11H,2,5-8H2,1H3,(H,17,18). The van der Waals surface area contributed by atoms with Crippen LogP contribution in [0, 0.1) is 10.1 Å². The number of nitro benzene ring substituents is 1. The fourth-order valence-corrected chi connectivity index (χ4v) is 2.57. The topological polar surface area (TPSA) is 92.9 Å². The van der Waals surface area contributed by atoms with Crippen LogP contribution in [0.4, 0.5) is 11.4 Å². The van der Waals surface area contributed by atoms with Crippen molar-refractivity contribution in [1.29, 1.82) is 0 Å². The average molecular weight is 294 g/mol. The van der Waals surface area contributed by atoms with Crippen LogP contribution >= 0.6 is 0 Å². The monoisotopic (exact) mass is 294 g/mol. The Kier molecular flexibility index (Phi) is 4.74. The summed E-state index contributed by atoms with van der Waals surface area (Å²) in [5.74, 6) is -1.28. The SMILES string of the molecule is CCOC1CCN(c2ccc([N+](=O)[O-])c(C(=O)O)c2)CC1. The highest BCUT2D eigenvalue weighted by Gasteiger charge is 2.24. The Labute approximate surface area is 122 Å². The van der Waals surface area contributed by atoms with Crippen LogP contribution in [0.1, 0.15) is 30.1 Å². The van der Waals surface area contributed by atoms with Crippen molar-refractivity contribution in [2.45, 2.75) is 25.9 Å². The van der Waals surface area contributed by atoms with Crippen LogP contribution in [0.15, 0.2) is 18.2 Å². The number of benzene rings is 1. The predicted octanol–water partition coefficient (Wildman–Crippen LogP) is 2.30. The second-order valence-corrected chi connectivity index (χ2v) is 4.91. The molecule has 21 heavy (non-hydrogen) atoms. The van der Waals surface area contributed by atoms with Crippen LogP contribution in [-0.2, 0) is 4.74 Å². The zero-order chi connectivity index (χ0) is 15.4. The number of hydrogen-bond donors (Lipinski definition) is 1. The lowest BCUT2D eigenvalue weighted by atomic mass is 10.1. The molecule has 1 aliphatic heterocycles. The number of carbonyl (C=O) groups is 1. The molecule has 1 heterocycles. The molecule has 1 aliphatic rings. The summed E-state index contributed by atoms with van der Waals surface area (Å²) < 4.78 is 5.57. The zero-order valence-electron chi connectivity index (χ0n) is 11.8. The van der Waals surface area contributed by atoms with Crippen LogP contribution in [0.3, 0.4) is 0 Å². The number of rotatable bonds is 5. The second kappa shape index (κ2) is 6.53. The molecule has 0 aliphatic carbocycles. The van der Waals surface area contributed by atoms with Crippen molar-refractivity contribution < 1.29 is 19.6 Å². The molecule has 1 fully saturated rings. The van der Waals surface area contributed by atoms with Gasteiger partial charge < -0.3 is 14.7 Å². The van der Waals surface area contributed by atoms with E-state index in [-0.39, 0.29) is 17.4 Å². The highest BCUT2D eigenvalue weighted by Crippen LogP contribution is 2.27. The third kappa shape index (κ3) is 3.49. The number of carboxylic acid groups (broad SMARTS) is 1. The maximum Gasteiger partial charge on any atom is 0.342 e. The summed E-state index contributed by atoms with van der Waals surface area (Å²) in [7, 11) is 0. The molecule has 0 bridgehead atoms. The molecule has 0 saturated carbocycles. The third-order valence-electron chi connectivity index (χ3n) is 3.62. The summed E-state index contributed by atoms with van der Waals surface area (Å²) in [6.07, 6.45) is 1.98. The Balaban J connectivity index is 2.16. The maximum absolute atomic E-state index is 11.2. The minimum absolute atomic E-state index is 0.239. The molecule has 0 atom stereocenters.